The van der Waals surface area contributed by atoms with Gasteiger partial charge in [-0.15, -0.1) is 0 Å². The Bertz CT molecular complexity index is 1230. The first kappa shape index (κ1) is 23.5. The van der Waals surface area contributed by atoms with Gasteiger partial charge in [-0.2, -0.15) is 0 Å². The van der Waals surface area contributed by atoms with Gasteiger partial charge in [0, 0.05) is 24.8 Å². The number of carbonyl (C=O) groups excluding carboxylic acids is 2. The number of aromatic nitrogens is 1. The van der Waals surface area contributed by atoms with E-state index in [0.29, 0.717) is 31.4 Å². The van der Waals surface area contributed by atoms with Crippen LogP contribution in [0.2, 0.25) is 0 Å². The maximum Gasteiger partial charge on any atom is 0.276 e. The van der Waals surface area contributed by atoms with Gasteiger partial charge >= 0.3 is 0 Å². The van der Waals surface area contributed by atoms with E-state index in [4.69, 9.17) is 9.47 Å². The van der Waals surface area contributed by atoms with Crippen molar-refractivity contribution in [3.05, 3.63) is 63.1 Å². The minimum absolute atomic E-state index is 0.0890. The molecule has 3 heterocycles. The maximum atomic E-state index is 13.7. The third-order valence-corrected chi connectivity index (χ3v) is 7.06. The van der Waals surface area contributed by atoms with E-state index in [9.17, 15) is 23.2 Å². The smallest absolute Gasteiger partial charge is 0.276 e. The highest BCUT2D eigenvalue weighted by molar-refractivity contribution is 5.99. The molecule has 2 aliphatic heterocycles. The summed E-state index contributed by atoms with van der Waals surface area (Å²) in [6.45, 7) is 0.585. The number of benzene rings is 1. The molecule has 186 valence electrons. The lowest BCUT2D eigenvalue weighted by atomic mass is 10.1. The first-order chi connectivity index (χ1) is 16.9. The fourth-order valence-corrected chi connectivity index (χ4v) is 5.35. The summed E-state index contributed by atoms with van der Waals surface area (Å²) in [6.07, 6.45) is 5.17. The minimum Gasteiger partial charge on any atom is -0.491 e. The van der Waals surface area contributed by atoms with Crippen molar-refractivity contribution in [1.29, 1.82) is 0 Å². The lowest BCUT2D eigenvalue weighted by Crippen LogP contribution is -2.57. The van der Waals surface area contributed by atoms with Gasteiger partial charge in [-0.25, -0.2) is 8.78 Å². The number of unbranched alkanes of at least 4 members (excludes halogenated alkanes) is 1. The van der Waals surface area contributed by atoms with Gasteiger partial charge in [-0.05, 0) is 50.2 Å². The quantitative estimate of drug-likeness (QED) is 0.607. The average molecular weight is 488 g/mol. The molecule has 2 fully saturated rings. The van der Waals surface area contributed by atoms with Gasteiger partial charge in [0.25, 0.3) is 11.8 Å². The fourth-order valence-electron chi connectivity index (χ4n) is 5.35. The Morgan fingerprint density at radius 1 is 1.23 bits per heavy atom. The number of amides is 2. The van der Waals surface area contributed by atoms with E-state index in [1.807, 2.05) is 0 Å². The summed E-state index contributed by atoms with van der Waals surface area (Å²) in [5.74, 6) is -2.25. The Labute approximate surface area is 200 Å². The molecule has 0 spiro atoms. The van der Waals surface area contributed by atoms with Crippen LogP contribution < -0.4 is 15.5 Å². The van der Waals surface area contributed by atoms with E-state index in [-0.39, 0.29) is 41.6 Å². The highest BCUT2D eigenvalue weighted by Crippen LogP contribution is 2.38. The molecule has 2 aromatic rings. The number of ether oxygens (including phenoxy) is 2. The van der Waals surface area contributed by atoms with Gasteiger partial charge in [0.1, 0.15) is 17.2 Å². The van der Waals surface area contributed by atoms with Gasteiger partial charge < -0.3 is 24.3 Å². The number of methoxy groups -OCH3 is 1. The summed E-state index contributed by atoms with van der Waals surface area (Å²) in [6, 6.07) is 3.56. The van der Waals surface area contributed by atoms with E-state index in [2.05, 4.69) is 5.32 Å². The Kier molecular flexibility index (Phi) is 6.31. The van der Waals surface area contributed by atoms with Gasteiger partial charge in [0.15, 0.2) is 17.7 Å². The van der Waals surface area contributed by atoms with Crippen LogP contribution in [0, 0.1) is 11.6 Å². The first-order valence-electron chi connectivity index (χ1n) is 11.9. The second-order valence-corrected chi connectivity index (χ2v) is 9.25. The molecule has 1 saturated carbocycles. The van der Waals surface area contributed by atoms with Crippen molar-refractivity contribution in [3.63, 3.8) is 0 Å². The second-order valence-electron chi connectivity index (χ2n) is 9.25. The summed E-state index contributed by atoms with van der Waals surface area (Å²) in [4.78, 5) is 40.9. The monoisotopic (exact) mass is 487 g/mol. The zero-order valence-electron chi connectivity index (χ0n) is 19.4. The minimum atomic E-state index is -0.640. The van der Waals surface area contributed by atoms with E-state index in [0.717, 1.165) is 25.3 Å². The van der Waals surface area contributed by atoms with Gasteiger partial charge in [-0.1, -0.05) is 6.07 Å². The van der Waals surface area contributed by atoms with Crippen LogP contribution in [0.5, 0.6) is 5.75 Å². The molecule has 35 heavy (non-hydrogen) atoms. The normalized spacial score (nSPS) is 22.5. The van der Waals surface area contributed by atoms with E-state index in [1.165, 1.54) is 25.4 Å². The van der Waals surface area contributed by atoms with Crippen LogP contribution >= 0.6 is 0 Å². The molecule has 1 aromatic carbocycles. The number of aryl methyl sites for hydroxylation is 1. The van der Waals surface area contributed by atoms with Crippen LogP contribution in [0.3, 0.4) is 0 Å². The molecular weight excluding hydrogens is 460 g/mol. The van der Waals surface area contributed by atoms with Crippen molar-refractivity contribution in [2.45, 2.75) is 63.4 Å². The average Bonchev–Trinajstić information content (AvgIpc) is 3.20. The number of hydrogen-bond donors (Lipinski definition) is 1. The summed E-state index contributed by atoms with van der Waals surface area (Å²) < 4.78 is 39.7. The lowest BCUT2D eigenvalue weighted by molar-refractivity contribution is -0.132. The van der Waals surface area contributed by atoms with Crippen LogP contribution in [0.15, 0.2) is 29.2 Å². The Balaban J connectivity index is 1.27. The van der Waals surface area contributed by atoms with Crippen molar-refractivity contribution in [1.82, 2.24) is 14.8 Å². The van der Waals surface area contributed by atoms with Crippen LogP contribution in [0.1, 0.15) is 58.5 Å². The van der Waals surface area contributed by atoms with Crippen molar-refractivity contribution >= 4 is 11.8 Å². The van der Waals surface area contributed by atoms with E-state index < -0.39 is 29.2 Å². The molecule has 1 aliphatic carbocycles. The SMILES string of the molecule is COc1c2n(cc(C(=O)NCCCCc3ccc(F)cc3F)c1=O)CC1O[C@H]3CC[C@H](C3)N1C2=O. The standard InChI is InChI=1S/C25H27F2N3O5/c1-34-23-21-25(33)30-16-7-8-17(11-16)35-20(30)13-29(21)12-18(22(23)31)24(32)28-9-3-2-4-14-5-6-15(26)10-19(14)27/h5-6,10,12,16-17,20H,2-4,7-9,11,13H2,1H3,(H,28,32)/t16-,17+,20?/m1/s1. The molecule has 2 bridgehead atoms. The van der Waals surface area contributed by atoms with Crippen LogP contribution in [-0.2, 0) is 17.7 Å². The number of hydrogen-bond acceptors (Lipinski definition) is 5. The third kappa shape index (κ3) is 4.31. The van der Waals surface area contributed by atoms with E-state index in [1.54, 1.807) is 9.47 Å². The van der Waals surface area contributed by atoms with Crippen LogP contribution in [0.25, 0.3) is 0 Å². The molecule has 1 saturated heterocycles. The molecular formula is C25H27F2N3O5. The molecule has 10 heteroatoms. The number of carbonyl (C=O) groups is 2. The predicted octanol–water partition coefficient (Wildman–Crippen LogP) is 2.62. The zero-order valence-corrected chi connectivity index (χ0v) is 19.4. The summed E-state index contributed by atoms with van der Waals surface area (Å²) in [5, 5.41) is 2.71. The lowest BCUT2D eigenvalue weighted by Gasteiger charge is -2.44. The second kappa shape index (κ2) is 9.41. The van der Waals surface area contributed by atoms with Crippen LogP contribution in [-0.4, -0.2) is 53.3 Å². The molecule has 2 amide bonds. The molecule has 8 nitrogen and oxygen atoms in total. The first-order valence-corrected chi connectivity index (χ1v) is 11.9. The topological polar surface area (TPSA) is 89.9 Å². The molecule has 3 atom stereocenters. The summed E-state index contributed by atoms with van der Waals surface area (Å²) in [5.41, 5.74) is -0.207. The molecule has 1 aromatic heterocycles. The molecule has 1 unspecified atom stereocenters. The zero-order chi connectivity index (χ0) is 24.7. The number of pyridine rings is 1. The third-order valence-electron chi connectivity index (χ3n) is 7.06. The molecule has 1 N–H and O–H groups in total. The Hall–Kier alpha value is -3.27. The molecule has 5 rings (SSSR count). The van der Waals surface area contributed by atoms with Crippen molar-refractivity contribution < 1.29 is 27.8 Å². The maximum absolute atomic E-state index is 13.7. The van der Waals surface area contributed by atoms with Crippen LogP contribution in [0.4, 0.5) is 8.78 Å². The number of nitrogens with one attached hydrogen (secondary N) is 1. The number of nitrogens with zero attached hydrogens (tertiary/aromatic N) is 2. The number of halogens is 2. The molecule has 0 radical (unpaired) electrons. The fraction of sp³-hybridized carbons (Fsp3) is 0.480. The summed E-state index contributed by atoms with van der Waals surface area (Å²) >= 11 is 0. The van der Waals surface area contributed by atoms with Gasteiger partial charge in [0.05, 0.1) is 19.8 Å². The van der Waals surface area contributed by atoms with Gasteiger partial charge in [-0.3, -0.25) is 14.4 Å². The molecule has 3 aliphatic rings. The predicted molar refractivity (Wildman–Crippen MR) is 121 cm³/mol. The van der Waals surface area contributed by atoms with Crippen molar-refractivity contribution in [2.75, 3.05) is 13.7 Å². The van der Waals surface area contributed by atoms with Crippen molar-refractivity contribution in [3.8, 4) is 5.75 Å². The van der Waals surface area contributed by atoms with Crippen molar-refractivity contribution in [2.24, 2.45) is 0 Å². The number of fused-ring (bicyclic) bond motifs is 5. The van der Waals surface area contributed by atoms with Gasteiger partial charge in [0.2, 0.25) is 5.43 Å². The van der Waals surface area contributed by atoms with E-state index >= 15 is 0 Å². The summed E-state index contributed by atoms with van der Waals surface area (Å²) in [7, 11) is 1.31. The Morgan fingerprint density at radius 3 is 2.83 bits per heavy atom. The number of rotatable bonds is 7. The highest BCUT2D eigenvalue weighted by atomic mass is 19.1. The largest absolute Gasteiger partial charge is 0.491 e. The highest BCUT2D eigenvalue weighted by Gasteiger charge is 2.47. The Morgan fingerprint density at radius 2 is 2.06 bits per heavy atom.